The van der Waals surface area contributed by atoms with Crippen LogP contribution in [0, 0.1) is 46.6 Å². The van der Waals surface area contributed by atoms with Gasteiger partial charge in [0.2, 0.25) is 5.82 Å². The van der Waals surface area contributed by atoms with E-state index in [-0.39, 0.29) is 5.92 Å². The van der Waals surface area contributed by atoms with Crippen LogP contribution >= 0.6 is 0 Å². The Labute approximate surface area is 166 Å². The Morgan fingerprint density at radius 2 is 1.64 bits per heavy atom. The summed E-state index contributed by atoms with van der Waals surface area (Å²) in [5.74, 6) is -1.38. The van der Waals surface area contributed by atoms with Gasteiger partial charge in [-0.2, -0.15) is 9.65 Å². The molecule has 0 heterocycles. The monoisotopic (exact) mass is 389 g/mol. The molecule has 2 fully saturated rings. The maximum absolute atomic E-state index is 14.0. The molecule has 0 N–H and O–H groups in total. The van der Waals surface area contributed by atoms with Gasteiger partial charge in [0.15, 0.2) is 11.6 Å². The average molecular weight is 389 g/mol. The van der Waals surface area contributed by atoms with E-state index in [1.165, 1.54) is 38.5 Å². The maximum atomic E-state index is 14.0. The van der Waals surface area contributed by atoms with E-state index in [2.05, 4.69) is 6.92 Å². The second kappa shape index (κ2) is 9.49. The lowest BCUT2D eigenvalue weighted by molar-refractivity contribution is -0.140. The number of hydrogen-bond acceptors (Lipinski definition) is 3. The number of ether oxygens (including phenoxy) is 1. The summed E-state index contributed by atoms with van der Waals surface area (Å²) in [6.07, 6.45) is 11.4. The van der Waals surface area contributed by atoms with Crippen LogP contribution in [0.5, 0.6) is 5.75 Å². The largest absolute Gasteiger partial charge is 0.423 e. The molecule has 0 saturated heterocycles. The van der Waals surface area contributed by atoms with Crippen LogP contribution in [0.4, 0.5) is 8.78 Å². The van der Waals surface area contributed by atoms with Crippen LogP contribution in [-0.4, -0.2) is 5.97 Å². The smallest absolute Gasteiger partial charge is 0.314 e. The van der Waals surface area contributed by atoms with Crippen molar-refractivity contribution in [3.8, 4) is 11.8 Å². The number of rotatable bonds is 5. The Kier molecular flexibility index (Phi) is 7.04. The van der Waals surface area contributed by atoms with Gasteiger partial charge in [-0.05, 0) is 68.4 Å². The number of carbonyl (C=O) groups excluding carboxylic acids is 1. The molecule has 3 nitrogen and oxygen atoms in total. The van der Waals surface area contributed by atoms with Crippen molar-refractivity contribution < 1.29 is 18.3 Å². The van der Waals surface area contributed by atoms with E-state index in [4.69, 9.17) is 10.00 Å². The van der Waals surface area contributed by atoms with Gasteiger partial charge in [0.1, 0.15) is 6.07 Å². The van der Waals surface area contributed by atoms with E-state index in [0.29, 0.717) is 5.92 Å². The van der Waals surface area contributed by atoms with Crippen LogP contribution < -0.4 is 4.74 Å². The van der Waals surface area contributed by atoms with Gasteiger partial charge in [0, 0.05) is 0 Å². The van der Waals surface area contributed by atoms with E-state index >= 15 is 0 Å². The first-order valence-electron chi connectivity index (χ1n) is 10.6. The minimum Gasteiger partial charge on any atom is -0.423 e. The summed E-state index contributed by atoms with van der Waals surface area (Å²) in [6, 6.07) is 3.85. The highest BCUT2D eigenvalue weighted by Gasteiger charge is 2.34. The summed E-state index contributed by atoms with van der Waals surface area (Å²) in [7, 11) is 0. The predicted molar refractivity (Wildman–Crippen MR) is 103 cm³/mol. The number of hydrogen-bond donors (Lipinski definition) is 0. The number of nitrogens with zero attached hydrogens (tertiary/aromatic N) is 1. The molecule has 0 bridgehead atoms. The van der Waals surface area contributed by atoms with Crippen molar-refractivity contribution in [3.63, 3.8) is 0 Å². The van der Waals surface area contributed by atoms with Crippen molar-refractivity contribution in [1.29, 1.82) is 5.26 Å². The third-order valence-corrected chi connectivity index (χ3v) is 6.74. The van der Waals surface area contributed by atoms with Crippen LogP contribution in [-0.2, 0) is 4.79 Å². The Bertz CT molecular complexity index is 727. The van der Waals surface area contributed by atoms with Gasteiger partial charge < -0.3 is 4.74 Å². The molecule has 1 aromatic rings. The van der Waals surface area contributed by atoms with Crippen molar-refractivity contribution in [2.45, 2.75) is 71.1 Å². The number of nitriles is 1. The number of benzene rings is 1. The maximum Gasteiger partial charge on any atom is 0.314 e. The lowest BCUT2D eigenvalue weighted by Gasteiger charge is -2.37. The van der Waals surface area contributed by atoms with Crippen LogP contribution in [0.3, 0.4) is 0 Å². The van der Waals surface area contributed by atoms with E-state index in [0.717, 1.165) is 49.7 Å². The quantitative estimate of drug-likeness (QED) is 0.448. The van der Waals surface area contributed by atoms with E-state index in [1.54, 1.807) is 6.07 Å². The molecular formula is C23H29F2NO2. The van der Waals surface area contributed by atoms with Gasteiger partial charge in [0.05, 0.1) is 11.5 Å². The molecule has 152 valence electrons. The zero-order valence-corrected chi connectivity index (χ0v) is 16.6. The first-order chi connectivity index (χ1) is 13.5. The summed E-state index contributed by atoms with van der Waals surface area (Å²) in [5.41, 5.74) is -0.397. The van der Waals surface area contributed by atoms with Gasteiger partial charge in [-0.15, -0.1) is 0 Å². The highest BCUT2D eigenvalue weighted by atomic mass is 19.2. The summed E-state index contributed by atoms with van der Waals surface area (Å²) in [6.45, 7) is 2.25. The minimum atomic E-state index is -1.27. The van der Waals surface area contributed by atoms with Gasteiger partial charge in [0.25, 0.3) is 0 Å². The molecule has 0 aliphatic heterocycles. The van der Waals surface area contributed by atoms with Crippen molar-refractivity contribution >= 4 is 5.97 Å². The third-order valence-electron chi connectivity index (χ3n) is 6.74. The number of esters is 1. The van der Waals surface area contributed by atoms with Crippen molar-refractivity contribution in [1.82, 2.24) is 0 Å². The number of carbonyl (C=O) groups is 1. The Balaban J connectivity index is 1.49. The molecule has 2 saturated carbocycles. The van der Waals surface area contributed by atoms with E-state index in [9.17, 15) is 13.6 Å². The highest BCUT2D eigenvalue weighted by Crippen LogP contribution is 2.42. The molecule has 0 amide bonds. The normalized spacial score (nSPS) is 27.8. The average Bonchev–Trinajstić information content (AvgIpc) is 2.72. The summed E-state index contributed by atoms with van der Waals surface area (Å²) in [5, 5.41) is 8.73. The molecule has 0 aromatic heterocycles. The SMILES string of the molecule is CCCC1CCC(C2CCC(C(=O)Oc3ccc(C#N)c(F)c3F)CC2)CC1. The number of halogens is 2. The van der Waals surface area contributed by atoms with Crippen LogP contribution in [0.1, 0.15) is 76.7 Å². The fourth-order valence-electron chi connectivity index (χ4n) is 5.07. The zero-order valence-electron chi connectivity index (χ0n) is 16.6. The topological polar surface area (TPSA) is 50.1 Å². The molecular weight excluding hydrogens is 360 g/mol. The van der Waals surface area contributed by atoms with E-state index < -0.39 is 28.9 Å². The van der Waals surface area contributed by atoms with Gasteiger partial charge in [-0.25, -0.2) is 4.39 Å². The molecule has 2 aliphatic carbocycles. The highest BCUT2D eigenvalue weighted by molar-refractivity contribution is 5.75. The van der Waals surface area contributed by atoms with Crippen molar-refractivity contribution in [2.75, 3.05) is 0 Å². The second-order valence-corrected chi connectivity index (χ2v) is 8.45. The fraction of sp³-hybridized carbons (Fsp3) is 0.652. The molecule has 0 atom stereocenters. The third kappa shape index (κ3) is 4.71. The summed E-state index contributed by atoms with van der Waals surface area (Å²) < 4.78 is 32.8. The van der Waals surface area contributed by atoms with Crippen LogP contribution in [0.25, 0.3) is 0 Å². The lowest BCUT2D eigenvalue weighted by Crippen LogP contribution is -2.30. The molecule has 3 rings (SSSR count). The molecule has 0 radical (unpaired) electrons. The van der Waals surface area contributed by atoms with Crippen LogP contribution in [0.2, 0.25) is 0 Å². The first-order valence-corrected chi connectivity index (χ1v) is 10.6. The van der Waals surface area contributed by atoms with Crippen molar-refractivity contribution in [2.24, 2.45) is 23.7 Å². The zero-order chi connectivity index (χ0) is 20.1. The van der Waals surface area contributed by atoms with Gasteiger partial charge in [-0.3, -0.25) is 4.79 Å². The Morgan fingerprint density at radius 3 is 2.21 bits per heavy atom. The molecule has 0 unspecified atom stereocenters. The first kappa shape index (κ1) is 20.8. The summed E-state index contributed by atoms with van der Waals surface area (Å²) >= 11 is 0. The lowest BCUT2D eigenvalue weighted by atomic mass is 9.69. The molecule has 0 spiro atoms. The molecule has 2 aliphatic rings. The second-order valence-electron chi connectivity index (χ2n) is 8.45. The van der Waals surface area contributed by atoms with Crippen LogP contribution in [0.15, 0.2) is 12.1 Å². The van der Waals surface area contributed by atoms with Gasteiger partial charge >= 0.3 is 5.97 Å². The molecule has 1 aromatic carbocycles. The van der Waals surface area contributed by atoms with Gasteiger partial charge in [-0.1, -0.05) is 32.6 Å². The fourth-order valence-corrected chi connectivity index (χ4v) is 5.07. The van der Waals surface area contributed by atoms with E-state index in [1.807, 2.05) is 0 Å². The van der Waals surface area contributed by atoms with Crippen molar-refractivity contribution in [3.05, 3.63) is 29.3 Å². The standard InChI is InChI=1S/C23H29F2NO2/c1-2-3-15-4-6-16(7-5-15)17-8-10-18(11-9-17)23(27)28-20-13-12-19(14-26)21(24)22(20)25/h12-13,15-18H,2-11H2,1H3. The minimum absolute atomic E-state index is 0.259. The Morgan fingerprint density at radius 1 is 1.04 bits per heavy atom. The summed E-state index contributed by atoms with van der Waals surface area (Å²) in [4.78, 5) is 12.4. The molecule has 5 heteroatoms. The molecule has 28 heavy (non-hydrogen) atoms. The predicted octanol–water partition coefficient (Wildman–Crippen LogP) is 6.15. The Hall–Kier alpha value is -1.96.